The number of nitrogens with zero attached hydrogens (tertiary/aromatic N) is 2. The molecule has 1 N–H and O–H groups in total. The number of fused-ring (bicyclic) bond motifs is 2. The van der Waals surface area contributed by atoms with Gasteiger partial charge in [-0.2, -0.15) is 0 Å². The first-order chi connectivity index (χ1) is 15.5. The molecular formula is C27H21N3O2. The van der Waals surface area contributed by atoms with E-state index in [9.17, 15) is 9.59 Å². The van der Waals surface area contributed by atoms with E-state index in [2.05, 4.69) is 10.3 Å². The van der Waals surface area contributed by atoms with Gasteiger partial charge in [0.1, 0.15) is 0 Å². The van der Waals surface area contributed by atoms with Crippen LogP contribution in [0.1, 0.15) is 21.5 Å². The number of hydrogen-bond acceptors (Lipinski definition) is 3. The molecule has 2 heterocycles. The lowest BCUT2D eigenvalue weighted by atomic mass is 10.1. The Morgan fingerprint density at radius 3 is 2.44 bits per heavy atom. The molecule has 2 aromatic heterocycles. The number of aromatic nitrogens is 2. The van der Waals surface area contributed by atoms with Crippen LogP contribution in [0, 0.1) is 13.8 Å². The summed E-state index contributed by atoms with van der Waals surface area (Å²) in [6.07, 6.45) is 3.26. The molecule has 0 radical (unpaired) electrons. The first-order valence-corrected chi connectivity index (χ1v) is 10.4. The zero-order valence-electron chi connectivity index (χ0n) is 17.8. The van der Waals surface area contributed by atoms with Crippen LogP contribution in [0.25, 0.3) is 27.4 Å². The summed E-state index contributed by atoms with van der Waals surface area (Å²) in [6, 6.07) is 22.7. The SMILES string of the molecule is Cc1ccc(-n2cc(C(=O)Nc3cnc4ccccc4c3)c3ccccc3c2=O)cc1C. The van der Waals surface area contributed by atoms with Gasteiger partial charge in [-0.15, -0.1) is 0 Å². The Morgan fingerprint density at radius 2 is 1.62 bits per heavy atom. The van der Waals surface area contributed by atoms with E-state index in [1.165, 1.54) is 0 Å². The first kappa shape index (κ1) is 19.7. The fraction of sp³-hybridized carbons (Fsp3) is 0.0741. The molecule has 5 aromatic rings. The average molecular weight is 419 g/mol. The van der Waals surface area contributed by atoms with Crippen molar-refractivity contribution in [2.45, 2.75) is 13.8 Å². The average Bonchev–Trinajstić information content (AvgIpc) is 2.81. The van der Waals surface area contributed by atoms with Crippen LogP contribution < -0.4 is 10.9 Å². The Hall–Kier alpha value is -4.25. The largest absolute Gasteiger partial charge is 0.321 e. The van der Waals surface area contributed by atoms with E-state index < -0.39 is 0 Å². The number of nitrogens with one attached hydrogen (secondary N) is 1. The van der Waals surface area contributed by atoms with Crippen LogP contribution >= 0.6 is 0 Å². The second-order valence-corrected chi connectivity index (χ2v) is 7.90. The number of amides is 1. The molecule has 5 heteroatoms. The molecule has 3 aromatic carbocycles. The zero-order chi connectivity index (χ0) is 22.2. The Kier molecular flexibility index (Phi) is 4.79. The Balaban J connectivity index is 1.63. The van der Waals surface area contributed by atoms with E-state index in [4.69, 9.17) is 0 Å². The molecule has 0 bridgehead atoms. The third-order valence-corrected chi connectivity index (χ3v) is 5.79. The predicted molar refractivity (Wildman–Crippen MR) is 129 cm³/mol. The van der Waals surface area contributed by atoms with Gasteiger partial charge < -0.3 is 5.32 Å². The minimum Gasteiger partial charge on any atom is -0.321 e. The summed E-state index contributed by atoms with van der Waals surface area (Å²) in [6.45, 7) is 4.03. The first-order valence-electron chi connectivity index (χ1n) is 10.4. The van der Waals surface area contributed by atoms with E-state index in [-0.39, 0.29) is 11.5 Å². The normalized spacial score (nSPS) is 11.1. The molecule has 1 amide bonds. The Morgan fingerprint density at radius 1 is 0.875 bits per heavy atom. The third-order valence-electron chi connectivity index (χ3n) is 5.79. The molecular weight excluding hydrogens is 398 g/mol. The van der Waals surface area contributed by atoms with E-state index >= 15 is 0 Å². The molecule has 0 saturated carbocycles. The van der Waals surface area contributed by atoms with E-state index in [1.807, 2.05) is 74.5 Å². The van der Waals surface area contributed by atoms with Gasteiger partial charge in [0.05, 0.1) is 23.0 Å². The highest BCUT2D eigenvalue weighted by atomic mass is 16.2. The van der Waals surface area contributed by atoms with Crippen molar-refractivity contribution >= 4 is 33.3 Å². The van der Waals surface area contributed by atoms with Gasteiger partial charge in [0.15, 0.2) is 0 Å². The minimum absolute atomic E-state index is 0.159. The lowest BCUT2D eigenvalue weighted by molar-refractivity contribution is 0.102. The second-order valence-electron chi connectivity index (χ2n) is 7.90. The molecule has 32 heavy (non-hydrogen) atoms. The quantitative estimate of drug-likeness (QED) is 0.425. The summed E-state index contributed by atoms with van der Waals surface area (Å²) in [5, 5.41) is 4.99. The number of benzene rings is 3. The number of para-hydroxylation sites is 1. The summed E-state index contributed by atoms with van der Waals surface area (Å²) < 4.78 is 1.54. The number of carbonyl (C=O) groups is 1. The smallest absolute Gasteiger partial charge is 0.262 e. The summed E-state index contributed by atoms with van der Waals surface area (Å²) in [5.74, 6) is -0.295. The fourth-order valence-corrected chi connectivity index (χ4v) is 3.88. The maximum atomic E-state index is 13.3. The van der Waals surface area contributed by atoms with Crippen molar-refractivity contribution in [3.63, 3.8) is 0 Å². The monoisotopic (exact) mass is 419 g/mol. The van der Waals surface area contributed by atoms with Crippen molar-refractivity contribution in [2.24, 2.45) is 0 Å². The van der Waals surface area contributed by atoms with Gasteiger partial charge in [0.2, 0.25) is 0 Å². The van der Waals surface area contributed by atoms with Crippen molar-refractivity contribution in [3.8, 4) is 5.69 Å². The number of aryl methyl sites for hydroxylation is 2. The summed E-state index contributed by atoms with van der Waals surface area (Å²) >= 11 is 0. The van der Waals surface area contributed by atoms with Gasteiger partial charge in [-0.05, 0) is 55.3 Å². The van der Waals surface area contributed by atoms with Gasteiger partial charge in [-0.3, -0.25) is 19.1 Å². The molecule has 0 saturated heterocycles. The lowest BCUT2D eigenvalue weighted by Crippen LogP contribution is -2.22. The third kappa shape index (κ3) is 3.44. The van der Waals surface area contributed by atoms with Gasteiger partial charge in [-0.1, -0.05) is 42.5 Å². The maximum absolute atomic E-state index is 13.3. The van der Waals surface area contributed by atoms with Crippen molar-refractivity contribution in [3.05, 3.63) is 112 Å². The van der Waals surface area contributed by atoms with Crippen molar-refractivity contribution in [2.75, 3.05) is 5.32 Å². The summed E-state index contributed by atoms with van der Waals surface area (Å²) in [4.78, 5) is 31.0. The molecule has 0 fully saturated rings. The highest BCUT2D eigenvalue weighted by Crippen LogP contribution is 2.22. The molecule has 0 spiro atoms. The van der Waals surface area contributed by atoms with Crippen molar-refractivity contribution in [1.82, 2.24) is 9.55 Å². The lowest BCUT2D eigenvalue weighted by Gasteiger charge is -2.14. The minimum atomic E-state index is -0.295. The molecule has 0 aliphatic heterocycles. The summed E-state index contributed by atoms with van der Waals surface area (Å²) in [5.41, 5.74) is 4.67. The van der Waals surface area contributed by atoms with Gasteiger partial charge >= 0.3 is 0 Å². The highest BCUT2D eigenvalue weighted by Gasteiger charge is 2.16. The highest BCUT2D eigenvalue weighted by molar-refractivity contribution is 6.13. The van der Waals surface area contributed by atoms with E-state index in [0.717, 1.165) is 27.7 Å². The number of hydrogen-bond donors (Lipinski definition) is 1. The topological polar surface area (TPSA) is 64.0 Å². The molecule has 5 nitrogen and oxygen atoms in total. The standard InChI is InChI=1S/C27H21N3O2/c1-17-11-12-21(13-18(17)2)30-16-24(22-8-4-5-9-23(22)27(30)32)26(31)29-20-14-19-7-3-6-10-25(19)28-15-20/h3-16H,1-2H3,(H,29,31). The number of pyridine rings is 2. The van der Waals surface area contributed by atoms with Crippen LogP contribution in [0.4, 0.5) is 5.69 Å². The molecule has 156 valence electrons. The van der Waals surface area contributed by atoms with Gasteiger partial charge in [0.25, 0.3) is 11.5 Å². The molecule has 0 aliphatic carbocycles. The Bertz CT molecular complexity index is 1570. The zero-order valence-corrected chi connectivity index (χ0v) is 17.8. The fourth-order valence-electron chi connectivity index (χ4n) is 3.88. The summed E-state index contributed by atoms with van der Waals surface area (Å²) in [7, 11) is 0. The number of carbonyl (C=O) groups excluding carboxylic acids is 1. The van der Waals surface area contributed by atoms with Crippen molar-refractivity contribution < 1.29 is 4.79 Å². The predicted octanol–water partition coefficient (Wildman–Crippen LogP) is 5.41. The number of anilines is 1. The van der Waals surface area contributed by atoms with Crippen molar-refractivity contribution in [1.29, 1.82) is 0 Å². The van der Waals surface area contributed by atoms with Gasteiger partial charge in [-0.25, -0.2) is 0 Å². The van der Waals surface area contributed by atoms with Crippen LogP contribution in [-0.4, -0.2) is 15.5 Å². The maximum Gasteiger partial charge on any atom is 0.262 e. The second kappa shape index (κ2) is 7.78. The van der Waals surface area contributed by atoms with Crippen LogP contribution in [-0.2, 0) is 0 Å². The Labute approximate surface area is 185 Å². The van der Waals surface area contributed by atoms with E-state index in [1.54, 1.807) is 29.1 Å². The van der Waals surface area contributed by atoms with Gasteiger partial charge in [0, 0.05) is 28.0 Å². The van der Waals surface area contributed by atoms with Crippen LogP contribution in [0.2, 0.25) is 0 Å². The molecule has 0 aliphatic rings. The van der Waals surface area contributed by atoms with Crippen LogP contribution in [0.5, 0.6) is 0 Å². The molecule has 0 atom stereocenters. The number of rotatable bonds is 3. The van der Waals surface area contributed by atoms with Crippen LogP contribution in [0.3, 0.4) is 0 Å². The van der Waals surface area contributed by atoms with Crippen LogP contribution in [0.15, 0.2) is 90.0 Å². The van der Waals surface area contributed by atoms with E-state index in [0.29, 0.717) is 22.0 Å². The molecule has 5 rings (SSSR count). The molecule has 0 unspecified atom stereocenters.